The lowest BCUT2D eigenvalue weighted by atomic mass is 9.94. The molecule has 0 aromatic heterocycles. The lowest BCUT2D eigenvalue weighted by molar-refractivity contribution is 0.0774. The Hall–Kier alpha value is -2.94. The monoisotopic (exact) mass is 512 g/mol. The van der Waals surface area contributed by atoms with Crippen LogP contribution >= 0.6 is 0 Å². The van der Waals surface area contributed by atoms with Crippen molar-refractivity contribution < 1.29 is 23.4 Å². The first-order valence-corrected chi connectivity index (χ1v) is 13.7. The van der Waals surface area contributed by atoms with E-state index in [2.05, 4.69) is 11.4 Å². The molecule has 0 aliphatic heterocycles. The van der Waals surface area contributed by atoms with Gasteiger partial charge in [-0.15, -0.1) is 0 Å². The molecule has 3 N–H and O–H groups in total. The van der Waals surface area contributed by atoms with Crippen molar-refractivity contribution in [3.05, 3.63) is 83.5 Å². The first-order chi connectivity index (χ1) is 17.1. The molecule has 8 heteroatoms. The van der Waals surface area contributed by atoms with Crippen LogP contribution < -0.4 is 5.32 Å². The van der Waals surface area contributed by atoms with Gasteiger partial charge in [-0.2, -0.15) is 4.31 Å². The topological polar surface area (TPSA) is 107 Å². The number of phenols is 1. The number of nitrogens with one attached hydrogen (secondary N) is 1. The minimum Gasteiger partial charge on any atom is -0.508 e. The lowest BCUT2D eigenvalue weighted by Gasteiger charge is -2.31. The largest absolute Gasteiger partial charge is 0.508 e. The van der Waals surface area contributed by atoms with Crippen molar-refractivity contribution in [3.8, 4) is 5.75 Å². The summed E-state index contributed by atoms with van der Waals surface area (Å²) >= 11 is 0. The predicted molar refractivity (Wildman–Crippen MR) is 141 cm³/mol. The number of allylic oxidation sites excluding steroid dienone is 3. The predicted octanol–water partition coefficient (Wildman–Crippen LogP) is 4.17. The molecule has 2 atom stereocenters. The standard InChI is InChI=1S/C28H36N2O5S/c1-20(2)18-30(36(34,35)24-15-13-23(31)14-16-24)19-27(32)26(17-22-10-5-4-6-11-22)29-28(33)25-12-8-7-9-21(25)3/h4-5,7-10,12-16,20,26-27,31-32H,6,11,17-19H2,1-3H3,(H,29,33)/t26-,27+/m0/s1. The summed E-state index contributed by atoms with van der Waals surface area (Å²) in [6.07, 6.45) is 6.99. The molecule has 7 nitrogen and oxygen atoms in total. The van der Waals surface area contributed by atoms with Crippen molar-refractivity contribution in [2.24, 2.45) is 5.92 Å². The number of nitrogens with zero attached hydrogens (tertiary/aromatic N) is 1. The van der Waals surface area contributed by atoms with E-state index in [1.807, 2.05) is 45.1 Å². The molecule has 2 aromatic rings. The molecule has 0 unspecified atom stereocenters. The van der Waals surface area contributed by atoms with E-state index in [0.717, 1.165) is 24.0 Å². The highest BCUT2D eigenvalue weighted by molar-refractivity contribution is 7.89. The van der Waals surface area contributed by atoms with E-state index in [9.17, 15) is 23.4 Å². The zero-order valence-electron chi connectivity index (χ0n) is 21.1. The fourth-order valence-electron chi connectivity index (χ4n) is 4.24. The number of aromatic hydroxyl groups is 1. The van der Waals surface area contributed by atoms with Gasteiger partial charge in [0.2, 0.25) is 10.0 Å². The summed E-state index contributed by atoms with van der Waals surface area (Å²) in [5.74, 6) is -0.325. The molecule has 2 aromatic carbocycles. The molecule has 0 fully saturated rings. The Balaban J connectivity index is 1.87. The molecule has 3 rings (SSSR count). The molecule has 0 heterocycles. The summed E-state index contributed by atoms with van der Waals surface area (Å²) in [4.78, 5) is 13.2. The molecule has 0 spiro atoms. The number of benzene rings is 2. The molecule has 36 heavy (non-hydrogen) atoms. The van der Waals surface area contributed by atoms with Gasteiger partial charge in [0.15, 0.2) is 0 Å². The van der Waals surface area contributed by atoms with Crippen LogP contribution in [0.3, 0.4) is 0 Å². The lowest BCUT2D eigenvalue weighted by Crippen LogP contribution is -2.50. The van der Waals surface area contributed by atoms with Crippen LogP contribution in [0.4, 0.5) is 0 Å². The van der Waals surface area contributed by atoms with Gasteiger partial charge in [0, 0.05) is 18.7 Å². The number of phenolic OH excluding ortho intramolecular Hbond substituents is 1. The number of carbonyl (C=O) groups excluding carboxylic acids is 1. The third kappa shape index (κ3) is 7.29. The van der Waals surface area contributed by atoms with Crippen molar-refractivity contribution >= 4 is 15.9 Å². The Morgan fingerprint density at radius 1 is 1.08 bits per heavy atom. The smallest absolute Gasteiger partial charge is 0.251 e. The average Bonchev–Trinajstić information content (AvgIpc) is 2.84. The van der Waals surface area contributed by atoms with Crippen molar-refractivity contribution in [2.75, 3.05) is 13.1 Å². The fraction of sp³-hybridized carbons (Fsp3) is 0.393. The number of aliphatic hydroxyl groups is 1. The number of sulfonamides is 1. The highest BCUT2D eigenvalue weighted by atomic mass is 32.2. The quantitative estimate of drug-likeness (QED) is 0.419. The van der Waals surface area contributed by atoms with E-state index < -0.39 is 22.2 Å². The summed E-state index contributed by atoms with van der Waals surface area (Å²) in [5.41, 5.74) is 2.42. The molecule has 1 aliphatic rings. The molecule has 1 amide bonds. The number of aryl methyl sites for hydroxylation is 1. The van der Waals surface area contributed by atoms with Gasteiger partial charge in [-0.3, -0.25) is 4.79 Å². The number of hydrogen-bond donors (Lipinski definition) is 3. The Bertz CT molecular complexity index is 1200. The van der Waals surface area contributed by atoms with E-state index in [1.165, 1.54) is 28.6 Å². The second kappa shape index (κ2) is 12.3. The number of aliphatic hydroxyl groups excluding tert-OH is 1. The van der Waals surface area contributed by atoms with Gasteiger partial charge in [-0.1, -0.05) is 55.8 Å². The van der Waals surface area contributed by atoms with Crippen molar-refractivity contribution in [2.45, 2.75) is 57.1 Å². The minimum atomic E-state index is -3.94. The maximum absolute atomic E-state index is 13.4. The van der Waals surface area contributed by atoms with Crippen molar-refractivity contribution in [1.82, 2.24) is 9.62 Å². The number of carbonyl (C=O) groups is 1. The van der Waals surface area contributed by atoms with E-state index in [4.69, 9.17) is 0 Å². The van der Waals surface area contributed by atoms with Crippen LogP contribution in [0.5, 0.6) is 5.75 Å². The zero-order valence-corrected chi connectivity index (χ0v) is 21.9. The number of amides is 1. The second-order valence-corrected chi connectivity index (χ2v) is 11.6. The van der Waals surface area contributed by atoms with Crippen LogP contribution in [-0.2, 0) is 10.0 Å². The van der Waals surface area contributed by atoms with Gasteiger partial charge in [0.1, 0.15) is 5.75 Å². The summed E-state index contributed by atoms with van der Waals surface area (Å²) in [6.45, 7) is 5.68. The third-order valence-electron chi connectivity index (χ3n) is 6.19. The molecular formula is C28H36N2O5S. The third-order valence-corrected chi connectivity index (χ3v) is 8.03. The molecular weight excluding hydrogens is 476 g/mol. The van der Waals surface area contributed by atoms with Gasteiger partial charge < -0.3 is 15.5 Å². The normalized spacial score (nSPS) is 15.6. The first-order valence-electron chi connectivity index (χ1n) is 12.3. The maximum atomic E-state index is 13.4. The zero-order chi connectivity index (χ0) is 26.3. The van der Waals surface area contributed by atoms with Crippen LogP contribution in [0.25, 0.3) is 0 Å². The maximum Gasteiger partial charge on any atom is 0.251 e. The van der Waals surface area contributed by atoms with Crippen molar-refractivity contribution in [1.29, 1.82) is 0 Å². The Morgan fingerprint density at radius 3 is 2.39 bits per heavy atom. The summed E-state index contributed by atoms with van der Waals surface area (Å²) < 4.78 is 28.1. The highest BCUT2D eigenvalue weighted by Crippen LogP contribution is 2.23. The average molecular weight is 513 g/mol. The van der Waals surface area contributed by atoms with E-state index in [0.29, 0.717) is 12.0 Å². The van der Waals surface area contributed by atoms with Gasteiger partial charge in [-0.25, -0.2) is 8.42 Å². The number of hydrogen-bond acceptors (Lipinski definition) is 5. The fourth-order valence-corrected chi connectivity index (χ4v) is 5.86. The van der Waals surface area contributed by atoms with Crippen molar-refractivity contribution in [3.63, 3.8) is 0 Å². The summed E-state index contributed by atoms with van der Waals surface area (Å²) in [7, 11) is -3.94. The molecule has 0 bridgehead atoms. The summed E-state index contributed by atoms with van der Waals surface area (Å²) in [5, 5.41) is 23.9. The SMILES string of the molecule is Cc1ccccc1C(=O)N[C@@H](CC1=CC=CCC1)[C@H](O)CN(CC(C)C)S(=O)(=O)c1ccc(O)cc1. The Morgan fingerprint density at radius 2 is 1.78 bits per heavy atom. The van der Waals surface area contributed by atoms with Crippen LogP contribution in [0.15, 0.2) is 77.2 Å². The van der Waals surface area contributed by atoms with Crippen LogP contribution in [0.1, 0.15) is 49.0 Å². The van der Waals surface area contributed by atoms with Gasteiger partial charge in [0.25, 0.3) is 5.91 Å². The Labute approximate surface area is 214 Å². The molecule has 1 aliphatic carbocycles. The van der Waals surface area contributed by atoms with Crippen LogP contribution in [-0.4, -0.2) is 54.1 Å². The number of rotatable bonds is 11. The van der Waals surface area contributed by atoms with Gasteiger partial charge in [0.05, 0.1) is 17.0 Å². The molecule has 0 saturated heterocycles. The highest BCUT2D eigenvalue weighted by Gasteiger charge is 2.32. The van der Waals surface area contributed by atoms with Crippen LogP contribution in [0, 0.1) is 12.8 Å². The molecule has 0 saturated carbocycles. The molecule has 194 valence electrons. The first kappa shape index (κ1) is 27.6. The molecule has 0 radical (unpaired) electrons. The van der Waals surface area contributed by atoms with Gasteiger partial charge in [-0.05, 0) is 68.0 Å². The Kier molecular flexibility index (Phi) is 9.48. The van der Waals surface area contributed by atoms with E-state index in [-0.39, 0.29) is 35.6 Å². The van der Waals surface area contributed by atoms with Gasteiger partial charge >= 0.3 is 0 Å². The second-order valence-electron chi connectivity index (χ2n) is 9.67. The van der Waals surface area contributed by atoms with E-state index >= 15 is 0 Å². The van der Waals surface area contributed by atoms with Crippen LogP contribution in [0.2, 0.25) is 0 Å². The summed E-state index contributed by atoms with van der Waals surface area (Å²) in [6, 6.07) is 11.9. The van der Waals surface area contributed by atoms with E-state index in [1.54, 1.807) is 12.1 Å². The minimum absolute atomic E-state index is 0.00953.